The summed E-state index contributed by atoms with van der Waals surface area (Å²) >= 11 is 0. The summed E-state index contributed by atoms with van der Waals surface area (Å²) in [6, 6.07) is 16.0. The molecular weight excluding hydrogens is 484 g/mol. The minimum atomic E-state index is -0.460. The molecule has 0 aliphatic heterocycles. The van der Waals surface area contributed by atoms with E-state index >= 15 is 0 Å². The Morgan fingerprint density at radius 1 is 1.03 bits per heavy atom. The molecule has 4 aromatic heterocycles. The number of hydrogen-bond donors (Lipinski definition) is 2. The van der Waals surface area contributed by atoms with Crippen molar-refractivity contribution in [3.05, 3.63) is 106 Å². The minimum absolute atomic E-state index is 0.0335. The van der Waals surface area contributed by atoms with Gasteiger partial charge >= 0.3 is 0 Å². The van der Waals surface area contributed by atoms with E-state index in [1.165, 1.54) is 10.5 Å². The number of nitrogens with zero attached hydrogens (tertiary/aromatic N) is 4. The number of pyridine rings is 3. The van der Waals surface area contributed by atoms with Gasteiger partial charge in [0.15, 0.2) is 11.5 Å². The summed E-state index contributed by atoms with van der Waals surface area (Å²) in [7, 11) is 3.15. The lowest BCUT2D eigenvalue weighted by Gasteiger charge is -2.15. The van der Waals surface area contributed by atoms with E-state index in [0.29, 0.717) is 35.8 Å². The van der Waals surface area contributed by atoms with E-state index in [9.17, 15) is 9.59 Å². The summed E-state index contributed by atoms with van der Waals surface area (Å²) in [6.45, 7) is 0.550. The van der Waals surface area contributed by atoms with Crippen molar-refractivity contribution in [3.8, 4) is 11.5 Å². The number of carbonyl (C=O) groups is 1. The molecule has 4 heterocycles. The number of benzene rings is 1. The zero-order valence-corrected chi connectivity index (χ0v) is 21.0. The molecule has 1 amide bonds. The molecule has 192 valence electrons. The maximum atomic E-state index is 13.4. The van der Waals surface area contributed by atoms with Crippen LogP contribution in [-0.4, -0.2) is 39.1 Å². The molecule has 38 heavy (non-hydrogen) atoms. The topological polar surface area (TPSA) is 124 Å². The Hall–Kier alpha value is -4.99. The molecule has 0 spiro atoms. The lowest BCUT2D eigenvalue weighted by Crippen LogP contribution is -2.35. The van der Waals surface area contributed by atoms with Crippen LogP contribution in [0.2, 0.25) is 0 Å². The average molecular weight is 511 g/mol. The number of fused-ring (bicyclic) bond motifs is 2. The van der Waals surface area contributed by atoms with Crippen LogP contribution in [0.4, 0.5) is 0 Å². The van der Waals surface area contributed by atoms with Crippen molar-refractivity contribution in [2.24, 2.45) is 0 Å². The number of aryl methyl sites for hydroxylation is 2. The van der Waals surface area contributed by atoms with Crippen LogP contribution in [0.1, 0.15) is 21.5 Å². The second kappa shape index (κ2) is 10.6. The summed E-state index contributed by atoms with van der Waals surface area (Å²) < 4.78 is 13.8. The van der Waals surface area contributed by atoms with E-state index in [2.05, 4.69) is 15.3 Å². The summed E-state index contributed by atoms with van der Waals surface area (Å²) in [5.74, 6) is 0.749. The average Bonchev–Trinajstić information content (AvgIpc) is 2.96. The van der Waals surface area contributed by atoms with Gasteiger partial charge in [0.25, 0.3) is 11.5 Å². The van der Waals surface area contributed by atoms with Crippen LogP contribution in [0, 0.1) is 5.41 Å². The van der Waals surface area contributed by atoms with Crippen molar-refractivity contribution in [2.45, 2.75) is 19.5 Å². The Bertz CT molecular complexity index is 1760. The summed E-state index contributed by atoms with van der Waals surface area (Å²) in [4.78, 5) is 35.4. The van der Waals surface area contributed by atoms with Gasteiger partial charge in [0.05, 0.1) is 25.2 Å². The molecule has 10 nitrogen and oxygen atoms in total. The number of carbonyl (C=O) groups excluding carboxylic acids is 1. The molecule has 0 bridgehead atoms. The highest BCUT2D eigenvalue weighted by atomic mass is 16.5. The Morgan fingerprint density at radius 2 is 1.87 bits per heavy atom. The number of rotatable bonds is 8. The van der Waals surface area contributed by atoms with Crippen LogP contribution in [0.15, 0.2) is 78.0 Å². The molecule has 0 aliphatic carbocycles. The zero-order valence-electron chi connectivity index (χ0n) is 21.0. The van der Waals surface area contributed by atoms with Gasteiger partial charge in [0.1, 0.15) is 16.8 Å². The van der Waals surface area contributed by atoms with E-state index in [4.69, 9.17) is 14.9 Å². The van der Waals surface area contributed by atoms with Crippen molar-refractivity contribution in [3.63, 3.8) is 0 Å². The minimum Gasteiger partial charge on any atom is -0.493 e. The molecule has 5 aromatic rings. The third-order valence-electron chi connectivity index (χ3n) is 6.31. The summed E-state index contributed by atoms with van der Waals surface area (Å²) in [6.07, 6.45) is 5.45. The molecule has 0 saturated carbocycles. The fraction of sp³-hybridized carbons (Fsp3) is 0.179. The van der Waals surface area contributed by atoms with Crippen molar-refractivity contribution < 1.29 is 14.3 Å². The van der Waals surface area contributed by atoms with E-state index in [1.54, 1.807) is 61.6 Å². The molecule has 2 N–H and O–H groups in total. The third-order valence-corrected chi connectivity index (χ3v) is 6.31. The number of methoxy groups -OCH3 is 2. The van der Waals surface area contributed by atoms with Crippen LogP contribution < -0.4 is 25.8 Å². The van der Waals surface area contributed by atoms with Gasteiger partial charge in [-0.25, -0.2) is 4.98 Å². The van der Waals surface area contributed by atoms with Gasteiger partial charge in [-0.3, -0.25) is 24.4 Å². The first-order chi connectivity index (χ1) is 18.5. The van der Waals surface area contributed by atoms with Gasteiger partial charge in [0.2, 0.25) is 0 Å². The number of aromatic nitrogens is 4. The number of hydrogen-bond acceptors (Lipinski definition) is 7. The number of ether oxygens (including phenoxy) is 2. The van der Waals surface area contributed by atoms with Crippen LogP contribution in [0.5, 0.6) is 11.5 Å². The van der Waals surface area contributed by atoms with Gasteiger partial charge in [-0.1, -0.05) is 18.2 Å². The van der Waals surface area contributed by atoms with Crippen molar-refractivity contribution >= 4 is 22.6 Å². The first kappa shape index (κ1) is 24.7. The lowest BCUT2D eigenvalue weighted by molar-refractivity contribution is 0.0948. The fourth-order valence-electron chi connectivity index (χ4n) is 4.34. The van der Waals surface area contributed by atoms with Crippen molar-refractivity contribution in [1.29, 1.82) is 5.41 Å². The van der Waals surface area contributed by atoms with Crippen LogP contribution in [0.3, 0.4) is 0 Å². The Morgan fingerprint density at radius 3 is 2.63 bits per heavy atom. The fourth-order valence-corrected chi connectivity index (χ4v) is 4.34. The zero-order chi connectivity index (χ0) is 26.6. The first-order valence-electron chi connectivity index (χ1n) is 12.0. The molecule has 0 radical (unpaired) electrons. The van der Waals surface area contributed by atoms with Crippen molar-refractivity contribution in [2.75, 3.05) is 14.2 Å². The maximum Gasteiger partial charge on any atom is 0.267 e. The van der Waals surface area contributed by atoms with E-state index in [-0.39, 0.29) is 28.5 Å². The molecule has 10 heteroatoms. The molecule has 0 saturated heterocycles. The highest BCUT2D eigenvalue weighted by Gasteiger charge is 2.18. The predicted octanol–water partition coefficient (Wildman–Crippen LogP) is 2.71. The van der Waals surface area contributed by atoms with Crippen LogP contribution >= 0.6 is 0 Å². The normalized spacial score (nSPS) is 11.0. The van der Waals surface area contributed by atoms with Gasteiger partial charge in [-0.05, 0) is 53.9 Å². The highest BCUT2D eigenvalue weighted by Crippen LogP contribution is 2.28. The van der Waals surface area contributed by atoms with Crippen LogP contribution in [0.25, 0.3) is 16.7 Å². The molecule has 0 unspecified atom stereocenters. The highest BCUT2D eigenvalue weighted by molar-refractivity contribution is 5.96. The molecule has 0 aliphatic rings. The second-order valence-corrected chi connectivity index (χ2v) is 8.62. The summed E-state index contributed by atoms with van der Waals surface area (Å²) in [5.41, 5.74) is 2.30. The van der Waals surface area contributed by atoms with E-state index in [1.807, 2.05) is 24.3 Å². The van der Waals surface area contributed by atoms with Gasteiger partial charge in [-0.15, -0.1) is 0 Å². The first-order valence-corrected chi connectivity index (χ1v) is 12.0. The largest absolute Gasteiger partial charge is 0.493 e. The molecule has 1 aromatic carbocycles. The molecular formula is C28H26N6O4. The Balaban J connectivity index is 1.59. The Kier molecular flexibility index (Phi) is 6.86. The quantitative estimate of drug-likeness (QED) is 0.310. The predicted molar refractivity (Wildman–Crippen MR) is 141 cm³/mol. The number of nitrogens with one attached hydrogen (secondary N) is 2. The Labute approximate surface area is 217 Å². The monoisotopic (exact) mass is 510 g/mol. The van der Waals surface area contributed by atoms with Crippen LogP contribution in [-0.2, 0) is 19.5 Å². The van der Waals surface area contributed by atoms with Gasteiger partial charge < -0.3 is 19.4 Å². The number of amides is 1. The van der Waals surface area contributed by atoms with E-state index in [0.717, 1.165) is 11.1 Å². The SMILES string of the molecule is COc1ccc(CCn2c(=N)c(C(=O)NCc3cccnc3)cc3c(=O)n4ccccc4nc32)cc1OC. The standard InChI is InChI=1S/C28H26N6O4/c1-37-22-9-8-18(14-23(22)38-2)10-13-34-25(29)20(27(35)31-17-19-6-5-11-30-16-19)15-21-26(34)32-24-7-3-4-12-33(24)28(21)36/h3-9,11-12,14-16,29H,10,13,17H2,1-2H3,(H,31,35). The summed E-state index contributed by atoms with van der Waals surface area (Å²) in [5, 5.41) is 12.0. The molecule has 5 rings (SSSR count). The second-order valence-electron chi connectivity index (χ2n) is 8.62. The van der Waals surface area contributed by atoms with Crippen molar-refractivity contribution in [1.82, 2.24) is 24.3 Å². The molecule has 0 fully saturated rings. The lowest BCUT2D eigenvalue weighted by atomic mass is 10.1. The smallest absolute Gasteiger partial charge is 0.267 e. The third kappa shape index (κ3) is 4.71. The molecule has 0 atom stereocenters. The van der Waals surface area contributed by atoms with Gasteiger partial charge in [0, 0.05) is 31.7 Å². The van der Waals surface area contributed by atoms with Gasteiger partial charge in [-0.2, -0.15) is 0 Å². The maximum absolute atomic E-state index is 13.4. The van der Waals surface area contributed by atoms with E-state index < -0.39 is 5.91 Å².